The minimum absolute atomic E-state index is 0.153. The Labute approximate surface area is 127 Å². The second kappa shape index (κ2) is 5.85. The zero-order valence-corrected chi connectivity index (χ0v) is 12.4. The van der Waals surface area contributed by atoms with Crippen LogP contribution in [-0.4, -0.2) is 20.7 Å². The molecule has 3 heterocycles. The lowest BCUT2D eigenvalue weighted by Crippen LogP contribution is -2.25. The molecule has 3 aromatic heterocycles. The minimum atomic E-state index is -0.153. The number of hydrogen-bond acceptors (Lipinski definition) is 4. The summed E-state index contributed by atoms with van der Waals surface area (Å²) in [4.78, 5) is 16.4. The fourth-order valence-electron chi connectivity index (χ4n) is 2.24. The predicted octanol–water partition coefficient (Wildman–Crippen LogP) is 2.31. The second-order valence-corrected chi connectivity index (χ2v) is 5.00. The molecule has 0 saturated heterocycles. The van der Waals surface area contributed by atoms with Gasteiger partial charge in [-0.3, -0.25) is 14.5 Å². The smallest absolute Gasteiger partial charge is 0.269 e. The molecule has 0 fully saturated rings. The molecule has 0 aliphatic carbocycles. The van der Waals surface area contributed by atoms with Crippen LogP contribution in [0.4, 0.5) is 0 Å². The molecule has 0 aromatic carbocycles. The van der Waals surface area contributed by atoms with Crippen LogP contribution in [0, 0.1) is 6.92 Å². The topological polar surface area (TPSA) is 73.0 Å². The molecule has 112 valence electrons. The molecule has 0 aliphatic rings. The first kappa shape index (κ1) is 14.1. The molecule has 6 heteroatoms. The quantitative estimate of drug-likeness (QED) is 0.802. The first-order valence-corrected chi connectivity index (χ1v) is 6.91. The van der Waals surface area contributed by atoms with E-state index in [9.17, 15) is 4.79 Å². The number of amides is 1. The summed E-state index contributed by atoms with van der Waals surface area (Å²) in [7, 11) is 1.75. The zero-order chi connectivity index (χ0) is 15.5. The third kappa shape index (κ3) is 2.90. The molecule has 3 aromatic rings. The van der Waals surface area contributed by atoms with Crippen molar-refractivity contribution < 1.29 is 9.21 Å². The summed E-state index contributed by atoms with van der Waals surface area (Å²) in [5.41, 5.74) is 3.05. The van der Waals surface area contributed by atoms with Crippen LogP contribution in [0.5, 0.6) is 0 Å². The molecular formula is C16H16N4O2. The van der Waals surface area contributed by atoms with Crippen molar-refractivity contribution in [1.82, 2.24) is 20.1 Å². The summed E-state index contributed by atoms with van der Waals surface area (Å²) in [6.45, 7) is 2.27. The number of furan rings is 1. The Hall–Kier alpha value is -2.89. The van der Waals surface area contributed by atoms with Crippen LogP contribution in [0.1, 0.15) is 21.7 Å². The van der Waals surface area contributed by atoms with Crippen molar-refractivity contribution in [2.24, 2.45) is 7.05 Å². The van der Waals surface area contributed by atoms with Gasteiger partial charge in [0.15, 0.2) is 5.76 Å². The van der Waals surface area contributed by atoms with E-state index in [2.05, 4.69) is 15.4 Å². The third-order valence-electron chi connectivity index (χ3n) is 3.29. The predicted molar refractivity (Wildman–Crippen MR) is 81.1 cm³/mol. The maximum atomic E-state index is 12.2. The van der Waals surface area contributed by atoms with E-state index in [1.807, 2.05) is 31.2 Å². The number of nitrogens with zero attached hydrogens (tertiary/aromatic N) is 3. The molecule has 6 nitrogen and oxygen atoms in total. The maximum absolute atomic E-state index is 12.2. The van der Waals surface area contributed by atoms with Gasteiger partial charge in [0.25, 0.3) is 5.91 Å². The maximum Gasteiger partial charge on any atom is 0.269 e. The first-order chi connectivity index (χ1) is 10.6. The zero-order valence-electron chi connectivity index (χ0n) is 12.4. The van der Waals surface area contributed by atoms with Gasteiger partial charge >= 0.3 is 0 Å². The van der Waals surface area contributed by atoms with Gasteiger partial charge in [0, 0.05) is 19.8 Å². The van der Waals surface area contributed by atoms with Crippen LogP contribution in [0.3, 0.4) is 0 Å². The largest absolute Gasteiger partial charge is 0.463 e. The molecule has 0 aliphatic heterocycles. The molecular weight excluding hydrogens is 280 g/mol. The van der Waals surface area contributed by atoms with Gasteiger partial charge in [-0.2, -0.15) is 5.10 Å². The Bertz CT molecular complexity index is 790. The van der Waals surface area contributed by atoms with Gasteiger partial charge in [0.1, 0.15) is 11.4 Å². The van der Waals surface area contributed by atoms with Crippen molar-refractivity contribution in [3.63, 3.8) is 0 Å². The number of carbonyl (C=O) groups is 1. The number of aromatic nitrogens is 3. The number of pyridine rings is 1. The molecule has 1 N–H and O–H groups in total. The standard InChI is InChI=1S/C16H16N4O2/c1-11-8-14(20(2)19-11)16(21)18-10-12-5-6-17-13(9-12)15-4-3-7-22-15/h3-9H,10H2,1-2H3,(H,18,21). The van der Waals surface area contributed by atoms with E-state index in [0.29, 0.717) is 18.0 Å². The SMILES string of the molecule is Cc1cc(C(=O)NCc2ccnc(-c3ccco3)c2)n(C)n1. The van der Waals surface area contributed by atoms with E-state index < -0.39 is 0 Å². The average molecular weight is 296 g/mol. The minimum Gasteiger partial charge on any atom is -0.463 e. The lowest BCUT2D eigenvalue weighted by atomic mass is 10.2. The molecule has 22 heavy (non-hydrogen) atoms. The van der Waals surface area contributed by atoms with Crippen molar-refractivity contribution in [2.75, 3.05) is 0 Å². The van der Waals surface area contributed by atoms with E-state index in [4.69, 9.17) is 4.42 Å². The van der Waals surface area contributed by atoms with Crippen LogP contribution in [-0.2, 0) is 13.6 Å². The summed E-state index contributed by atoms with van der Waals surface area (Å²) >= 11 is 0. The fraction of sp³-hybridized carbons (Fsp3) is 0.188. The van der Waals surface area contributed by atoms with Crippen molar-refractivity contribution in [3.05, 3.63) is 59.7 Å². The summed E-state index contributed by atoms with van der Waals surface area (Å²) in [6.07, 6.45) is 3.31. The molecule has 0 bridgehead atoms. The van der Waals surface area contributed by atoms with Gasteiger partial charge in [-0.25, -0.2) is 0 Å². The van der Waals surface area contributed by atoms with Crippen LogP contribution < -0.4 is 5.32 Å². The second-order valence-electron chi connectivity index (χ2n) is 5.00. The first-order valence-electron chi connectivity index (χ1n) is 6.91. The van der Waals surface area contributed by atoms with Crippen LogP contribution in [0.15, 0.2) is 47.2 Å². The summed E-state index contributed by atoms with van der Waals surface area (Å²) in [6, 6.07) is 9.18. The Morgan fingerprint density at radius 3 is 2.91 bits per heavy atom. The van der Waals surface area contributed by atoms with E-state index >= 15 is 0 Å². The molecule has 0 atom stereocenters. The van der Waals surface area contributed by atoms with Crippen LogP contribution in [0.2, 0.25) is 0 Å². The van der Waals surface area contributed by atoms with E-state index in [0.717, 1.165) is 17.0 Å². The Balaban J connectivity index is 1.70. The van der Waals surface area contributed by atoms with Gasteiger partial charge in [-0.1, -0.05) is 0 Å². The molecule has 0 saturated carbocycles. The normalized spacial score (nSPS) is 10.6. The summed E-state index contributed by atoms with van der Waals surface area (Å²) in [5.74, 6) is 0.551. The van der Waals surface area contributed by atoms with Gasteiger partial charge < -0.3 is 9.73 Å². The van der Waals surface area contributed by atoms with Crippen molar-refractivity contribution >= 4 is 5.91 Å². The molecule has 0 unspecified atom stereocenters. The number of carbonyl (C=O) groups excluding carboxylic acids is 1. The number of rotatable bonds is 4. The summed E-state index contributed by atoms with van der Waals surface area (Å²) < 4.78 is 6.90. The van der Waals surface area contributed by atoms with Crippen molar-refractivity contribution in [1.29, 1.82) is 0 Å². The Morgan fingerprint density at radius 2 is 2.23 bits per heavy atom. The molecule has 0 spiro atoms. The van der Waals surface area contributed by atoms with Crippen LogP contribution >= 0.6 is 0 Å². The van der Waals surface area contributed by atoms with Crippen molar-refractivity contribution in [2.45, 2.75) is 13.5 Å². The fourth-order valence-corrected chi connectivity index (χ4v) is 2.24. The molecule has 3 rings (SSSR count). The van der Waals surface area contributed by atoms with Gasteiger partial charge in [-0.15, -0.1) is 0 Å². The van der Waals surface area contributed by atoms with Crippen molar-refractivity contribution in [3.8, 4) is 11.5 Å². The highest BCUT2D eigenvalue weighted by Crippen LogP contribution is 2.18. The Morgan fingerprint density at radius 1 is 1.36 bits per heavy atom. The lowest BCUT2D eigenvalue weighted by molar-refractivity contribution is 0.0941. The van der Waals surface area contributed by atoms with Gasteiger partial charge in [-0.05, 0) is 42.8 Å². The third-order valence-corrected chi connectivity index (χ3v) is 3.29. The van der Waals surface area contributed by atoms with Crippen LogP contribution in [0.25, 0.3) is 11.5 Å². The monoisotopic (exact) mass is 296 g/mol. The highest BCUT2D eigenvalue weighted by atomic mass is 16.3. The highest BCUT2D eigenvalue weighted by molar-refractivity contribution is 5.92. The molecule has 0 radical (unpaired) electrons. The highest BCUT2D eigenvalue weighted by Gasteiger charge is 2.11. The summed E-state index contributed by atoms with van der Waals surface area (Å²) in [5, 5.41) is 7.05. The lowest BCUT2D eigenvalue weighted by Gasteiger charge is -2.06. The van der Waals surface area contributed by atoms with E-state index in [1.165, 1.54) is 0 Å². The van der Waals surface area contributed by atoms with E-state index in [-0.39, 0.29) is 5.91 Å². The number of aryl methyl sites for hydroxylation is 2. The van der Waals surface area contributed by atoms with Gasteiger partial charge in [0.2, 0.25) is 0 Å². The number of hydrogen-bond donors (Lipinski definition) is 1. The number of nitrogens with one attached hydrogen (secondary N) is 1. The average Bonchev–Trinajstić information content (AvgIpc) is 3.15. The van der Waals surface area contributed by atoms with E-state index in [1.54, 1.807) is 30.3 Å². The van der Waals surface area contributed by atoms with Gasteiger partial charge in [0.05, 0.1) is 12.0 Å². The Kier molecular flexibility index (Phi) is 3.74. The molecule has 1 amide bonds.